The zero-order chi connectivity index (χ0) is 39.1. The van der Waals surface area contributed by atoms with Crippen LogP contribution in [-0.2, 0) is 14.4 Å². The number of likely N-dealkylation sites (tertiary alicyclic amines) is 1. The summed E-state index contributed by atoms with van der Waals surface area (Å²) in [7, 11) is 0. The molecule has 1 fully saturated rings. The number of hydrogen-bond acceptors (Lipinski definition) is 11. The van der Waals surface area contributed by atoms with Crippen LogP contribution in [0.2, 0.25) is 0 Å². The molecule has 14 nitrogen and oxygen atoms in total. The van der Waals surface area contributed by atoms with Crippen LogP contribution in [0.1, 0.15) is 58.3 Å². The fourth-order valence-corrected chi connectivity index (χ4v) is 7.51. The molecular formula is C38H42FN9O5S. The lowest BCUT2D eigenvalue weighted by Gasteiger charge is -2.40. The third kappa shape index (κ3) is 7.52. The summed E-state index contributed by atoms with van der Waals surface area (Å²) >= 11 is 1.55. The first-order valence-electron chi connectivity index (χ1n) is 17.3. The first-order chi connectivity index (χ1) is 25.5. The number of carbonyl (C=O) groups is 3. The number of aromatic nitrogens is 5. The second-order valence-electron chi connectivity index (χ2n) is 14.5. The molecule has 1 aliphatic rings. The number of nitrogens with zero attached hydrogens (tertiary/aromatic N) is 7. The number of halogens is 1. The number of aryl methyl sites for hydroxylation is 1. The van der Waals surface area contributed by atoms with Gasteiger partial charge >= 0.3 is 0 Å². The quantitative estimate of drug-likeness (QED) is 0.165. The molecule has 0 aliphatic carbocycles. The molecule has 5 aromatic rings. The van der Waals surface area contributed by atoms with Gasteiger partial charge in [0.15, 0.2) is 17.4 Å². The summed E-state index contributed by atoms with van der Waals surface area (Å²) in [6.07, 6.45) is 1.97. The summed E-state index contributed by atoms with van der Waals surface area (Å²) in [6.45, 7) is 10.4. The summed E-state index contributed by atoms with van der Waals surface area (Å²) in [6, 6.07) is 10.8. The molecule has 0 radical (unpaired) electrons. The monoisotopic (exact) mass is 755 g/mol. The maximum absolute atomic E-state index is 14.6. The molecule has 1 saturated heterocycles. The molecule has 0 saturated carbocycles. The highest BCUT2D eigenvalue weighted by Crippen LogP contribution is 2.35. The first-order valence-corrected chi connectivity index (χ1v) is 18.2. The van der Waals surface area contributed by atoms with Gasteiger partial charge in [0.25, 0.3) is 0 Å². The first kappa shape index (κ1) is 38.0. The molecule has 4 heterocycles. The largest absolute Gasteiger partial charge is 0.504 e. The Balaban J connectivity index is 1.26. The van der Waals surface area contributed by atoms with Gasteiger partial charge in [-0.3, -0.25) is 14.4 Å². The van der Waals surface area contributed by atoms with Crippen LogP contribution in [-0.4, -0.2) is 82.6 Å². The number of para-hydroxylation sites is 1. The average Bonchev–Trinajstić information content (AvgIpc) is 3.88. The van der Waals surface area contributed by atoms with Crippen LogP contribution in [0, 0.1) is 18.2 Å². The van der Waals surface area contributed by atoms with E-state index in [2.05, 4.69) is 25.6 Å². The van der Waals surface area contributed by atoms with Gasteiger partial charge in [-0.15, -0.1) is 21.5 Å². The van der Waals surface area contributed by atoms with Crippen molar-refractivity contribution in [3.63, 3.8) is 0 Å². The number of amides is 3. The van der Waals surface area contributed by atoms with Gasteiger partial charge in [-0.1, -0.05) is 51.1 Å². The molecular weight excluding hydrogens is 714 g/mol. The number of rotatable bonds is 9. The summed E-state index contributed by atoms with van der Waals surface area (Å²) < 4.78 is 14.1. The van der Waals surface area contributed by atoms with Crippen LogP contribution in [0.3, 0.4) is 0 Å². The van der Waals surface area contributed by atoms with Gasteiger partial charge in [-0.2, -0.15) is 9.89 Å². The lowest BCUT2D eigenvalue weighted by atomic mass is 9.85. The highest BCUT2D eigenvalue weighted by atomic mass is 32.1. The van der Waals surface area contributed by atoms with Crippen LogP contribution >= 0.6 is 11.3 Å². The van der Waals surface area contributed by atoms with Gasteiger partial charge in [0.2, 0.25) is 17.7 Å². The van der Waals surface area contributed by atoms with Crippen LogP contribution in [0.15, 0.2) is 66.4 Å². The Labute approximate surface area is 315 Å². The fraction of sp³-hybridized carbons (Fsp3) is 0.342. The van der Waals surface area contributed by atoms with Crippen molar-refractivity contribution in [1.29, 1.82) is 0 Å². The Hall–Kier alpha value is -5.74. The Morgan fingerprint density at radius 1 is 1.09 bits per heavy atom. The Kier molecular flexibility index (Phi) is 10.5. The molecule has 6 rings (SSSR count). The Bertz CT molecular complexity index is 2200. The number of hydrogen-bond donors (Lipinski definition) is 4. The molecule has 54 heavy (non-hydrogen) atoms. The molecule has 282 valence electrons. The van der Waals surface area contributed by atoms with E-state index >= 15 is 0 Å². The molecule has 0 unspecified atom stereocenters. The van der Waals surface area contributed by atoms with Crippen LogP contribution < -0.4 is 16.1 Å². The highest BCUT2D eigenvalue weighted by molar-refractivity contribution is 7.13. The Morgan fingerprint density at radius 2 is 1.81 bits per heavy atom. The molecule has 0 bridgehead atoms. The van der Waals surface area contributed by atoms with Crippen molar-refractivity contribution in [3.05, 3.63) is 83.5 Å². The van der Waals surface area contributed by atoms with E-state index in [9.17, 15) is 29.0 Å². The molecule has 3 aromatic heterocycles. The smallest absolute Gasteiger partial charge is 0.248 e. The number of phenols is 1. The minimum Gasteiger partial charge on any atom is -0.504 e. The molecule has 2 aromatic carbocycles. The van der Waals surface area contributed by atoms with Crippen LogP contribution in [0.5, 0.6) is 5.75 Å². The van der Waals surface area contributed by atoms with E-state index in [4.69, 9.17) is 5.73 Å². The minimum atomic E-state index is -1.17. The molecule has 4 atom stereocenters. The normalized spacial score (nSPS) is 16.9. The van der Waals surface area contributed by atoms with Gasteiger partial charge < -0.3 is 26.2 Å². The molecule has 5 N–H and O–H groups in total. The predicted octanol–water partition coefficient (Wildman–Crippen LogP) is 4.60. The number of aliphatic hydroxyl groups is 1. The molecule has 3 amide bonds. The SMILES string of the molecule is CC(=O)N([C@H](C(=O)N1C[C@H](O)C[C@H]1C(=O)N[C@@H](C)c1ccc(-c2scnc2C)cc1)C(C)(C)C)n1cc(-c2cc(-c3cccc(F)c3O)nnc2N)cn1. The number of nitrogens with one attached hydrogen (secondary N) is 1. The third-order valence-electron chi connectivity index (χ3n) is 9.45. The number of nitrogen functional groups attached to an aromatic ring is 1. The fourth-order valence-electron chi connectivity index (χ4n) is 6.70. The van der Waals surface area contributed by atoms with E-state index < -0.39 is 58.9 Å². The van der Waals surface area contributed by atoms with Gasteiger partial charge in [0.1, 0.15) is 12.1 Å². The topological polar surface area (TPSA) is 193 Å². The van der Waals surface area contributed by atoms with Gasteiger partial charge in [-0.05, 0) is 48.6 Å². The zero-order valence-electron chi connectivity index (χ0n) is 30.7. The lowest BCUT2D eigenvalue weighted by Crippen LogP contribution is -2.62. The van der Waals surface area contributed by atoms with E-state index in [1.165, 1.54) is 52.2 Å². The van der Waals surface area contributed by atoms with Gasteiger partial charge in [-0.25, -0.2) is 14.4 Å². The van der Waals surface area contributed by atoms with Crippen LogP contribution in [0.4, 0.5) is 10.2 Å². The number of β-amino-alcohol motifs (C(OH)–C–C–N with tert-alkyl or cyclic N) is 1. The summed E-state index contributed by atoms with van der Waals surface area (Å²) in [5.41, 5.74) is 10.9. The van der Waals surface area contributed by atoms with Crippen molar-refractivity contribution in [2.75, 3.05) is 17.3 Å². The summed E-state index contributed by atoms with van der Waals surface area (Å²) in [4.78, 5) is 49.8. The maximum Gasteiger partial charge on any atom is 0.248 e. The van der Waals surface area contributed by atoms with Crippen LogP contribution in [0.25, 0.3) is 32.8 Å². The Morgan fingerprint density at radius 3 is 2.46 bits per heavy atom. The van der Waals surface area contributed by atoms with Crippen molar-refractivity contribution in [2.24, 2.45) is 5.41 Å². The van der Waals surface area contributed by atoms with Gasteiger partial charge in [0.05, 0.1) is 46.3 Å². The third-order valence-corrected chi connectivity index (χ3v) is 10.4. The van der Waals surface area contributed by atoms with E-state index in [0.717, 1.165) is 27.8 Å². The minimum absolute atomic E-state index is 0.00648. The number of aliphatic hydroxyl groups excluding tert-OH is 1. The molecule has 0 spiro atoms. The number of aromatic hydroxyl groups is 1. The van der Waals surface area contributed by atoms with Crippen molar-refractivity contribution in [1.82, 2.24) is 35.3 Å². The predicted molar refractivity (Wildman–Crippen MR) is 202 cm³/mol. The number of thiazole rings is 1. The van der Waals surface area contributed by atoms with E-state index in [-0.39, 0.29) is 30.0 Å². The number of nitrogens with two attached hydrogens (primary N) is 1. The second kappa shape index (κ2) is 14.9. The van der Waals surface area contributed by atoms with E-state index in [0.29, 0.717) is 11.1 Å². The van der Waals surface area contributed by atoms with Gasteiger partial charge in [0, 0.05) is 36.6 Å². The zero-order valence-corrected chi connectivity index (χ0v) is 31.5. The maximum atomic E-state index is 14.6. The van der Waals surface area contributed by atoms with Crippen molar-refractivity contribution in [2.45, 2.75) is 72.2 Å². The number of benzene rings is 2. The summed E-state index contributed by atoms with van der Waals surface area (Å²) in [5.74, 6) is -2.92. The number of carbonyl (C=O) groups excluding carboxylic acids is 3. The van der Waals surface area contributed by atoms with E-state index in [1.54, 1.807) is 37.6 Å². The number of phenolic OH excluding ortho intramolecular Hbond substituents is 1. The summed E-state index contributed by atoms with van der Waals surface area (Å²) in [5, 5.41) is 37.7. The lowest BCUT2D eigenvalue weighted by molar-refractivity contribution is -0.143. The highest BCUT2D eigenvalue weighted by Gasteiger charge is 2.48. The van der Waals surface area contributed by atoms with Crippen molar-refractivity contribution in [3.8, 4) is 38.6 Å². The number of anilines is 1. The average molecular weight is 756 g/mol. The second-order valence-corrected chi connectivity index (χ2v) is 15.3. The van der Waals surface area contributed by atoms with E-state index in [1.807, 2.05) is 38.1 Å². The molecule has 1 aliphatic heterocycles. The standard InChI is InChI=1S/C38H42FN9O5S/c1-20(23-10-12-24(13-11-23)33-21(2)41-19-54-33)43-36(52)31-14-26(50)18-46(31)37(53)34(38(4,5)6)48(22(3)49)47-17-25(16-42-47)28-15-30(44-45-35(28)40)27-8-7-9-29(39)32(27)51/h7-13,15-17,19-20,26,31,34,50-51H,14,18H2,1-6H3,(H2,40,45)(H,43,52)/t20-,26+,31-,34+/m0/s1. The van der Waals surface area contributed by atoms with Crippen molar-refractivity contribution < 1.29 is 29.0 Å². The molecule has 16 heteroatoms. The van der Waals surface area contributed by atoms with Crippen molar-refractivity contribution >= 4 is 34.9 Å².